The quantitative estimate of drug-likeness (QED) is 0.457. The molecule has 0 fully saturated rings. The third kappa shape index (κ3) is 4.18. The lowest BCUT2D eigenvalue weighted by molar-refractivity contribution is -0.122. The molecule has 1 N–H and O–H groups in total. The van der Waals surface area contributed by atoms with Gasteiger partial charge < -0.3 is 10.2 Å². The van der Waals surface area contributed by atoms with E-state index in [1.807, 2.05) is 0 Å². The highest BCUT2D eigenvalue weighted by molar-refractivity contribution is 6.08. The van der Waals surface area contributed by atoms with E-state index in [4.69, 9.17) is 0 Å². The van der Waals surface area contributed by atoms with Crippen LogP contribution in [-0.4, -0.2) is 16.8 Å². The zero-order valence-electron chi connectivity index (χ0n) is 17.8. The van der Waals surface area contributed by atoms with E-state index in [2.05, 4.69) is 10.3 Å². The van der Waals surface area contributed by atoms with Gasteiger partial charge in [-0.05, 0) is 49.2 Å². The van der Waals surface area contributed by atoms with Gasteiger partial charge in [-0.15, -0.1) is 0 Å². The lowest BCUT2D eigenvalue weighted by Gasteiger charge is -2.20. The van der Waals surface area contributed by atoms with E-state index in [9.17, 15) is 27.2 Å². The van der Waals surface area contributed by atoms with E-state index < -0.39 is 46.8 Å². The van der Waals surface area contributed by atoms with Crippen LogP contribution in [0.2, 0.25) is 0 Å². The molecule has 1 aromatic heterocycles. The Hall–Kier alpha value is -3.75. The highest BCUT2D eigenvalue weighted by Gasteiger charge is 2.44. The van der Waals surface area contributed by atoms with Crippen molar-refractivity contribution in [1.29, 1.82) is 0 Å². The summed E-state index contributed by atoms with van der Waals surface area (Å²) in [5.41, 5.74) is 0.521. The summed E-state index contributed by atoms with van der Waals surface area (Å²) in [6.07, 6.45) is 1.30. The highest BCUT2D eigenvalue weighted by atomic mass is 19.1. The summed E-state index contributed by atoms with van der Waals surface area (Å²) >= 11 is 0. The standard InChI is InChI=1S/C24H19F4N3O2/c1-24(2)17-4-3-14(22(32)30-11-16-18(26)9-15(25)10-19(16)27)8-20(17)31(23(24)33)12-13-5-6-29-21(28)7-13/h3-10H,11-12H2,1-2H3,(H,30,32). The number of carbonyl (C=O) groups is 2. The van der Waals surface area contributed by atoms with E-state index in [1.54, 1.807) is 26.0 Å². The number of pyridine rings is 1. The first-order valence-corrected chi connectivity index (χ1v) is 10.1. The maximum atomic E-state index is 13.9. The Morgan fingerprint density at radius 1 is 1.03 bits per heavy atom. The molecule has 0 saturated heterocycles. The number of nitrogens with one attached hydrogen (secondary N) is 1. The van der Waals surface area contributed by atoms with Gasteiger partial charge >= 0.3 is 0 Å². The van der Waals surface area contributed by atoms with Crippen molar-refractivity contribution >= 4 is 17.5 Å². The maximum Gasteiger partial charge on any atom is 0.251 e. The molecule has 3 aromatic rings. The fourth-order valence-electron chi connectivity index (χ4n) is 3.88. The van der Waals surface area contributed by atoms with Gasteiger partial charge in [0.25, 0.3) is 5.91 Å². The molecule has 5 nitrogen and oxygen atoms in total. The van der Waals surface area contributed by atoms with Crippen LogP contribution in [0.4, 0.5) is 23.2 Å². The molecule has 2 aromatic carbocycles. The van der Waals surface area contributed by atoms with Crippen molar-refractivity contribution in [2.75, 3.05) is 4.90 Å². The number of aromatic nitrogens is 1. The largest absolute Gasteiger partial charge is 0.348 e. The Morgan fingerprint density at radius 3 is 2.39 bits per heavy atom. The summed E-state index contributed by atoms with van der Waals surface area (Å²) in [5.74, 6) is -4.79. The van der Waals surface area contributed by atoms with Gasteiger partial charge in [0, 0.05) is 41.7 Å². The average Bonchev–Trinajstić information content (AvgIpc) is 2.93. The number of amides is 2. The highest BCUT2D eigenvalue weighted by Crippen LogP contribution is 2.42. The van der Waals surface area contributed by atoms with Gasteiger partial charge in [0.1, 0.15) is 17.5 Å². The van der Waals surface area contributed by atoms with Crippen LogP contribution in [0.1, 0.15) is 40.9 Å². The summed E-state index contributed by atoms with van der Waals surface area (Å²) in [7, 11) is 0. The van der Waals surface area contributed by atoms with Crippen molar-refractivity contribution in [1.82, 2.24) is 10.3 Å². The minimum atomic E-state index is -1.11. The summed E-state index contributed by atoms with van der Waals surface area (Å²) in [5, 5.41) is 2.41. The normalized spacial score (nSPS) is 14.4. The van der Waals surface area contributed by atoms with E-state index in [0.29, 0.717) is 28.9 Å². The smallest absolute Gasteiger partial charge is 0.251 e. The number of rotatable bonds is 5. The SMILES string of the molecule is CC1(C)C(=O)N(Cc2ccnc(F)c2)c2cc(C(=O)NCc3c(F)cc(F)cc3F)ccc21. The molecule has 0 radical (unpaired) electrons. The lowest BCUT2D eigenvalue weighted by Crippen LogP contribution is -2.35. The van der Waals surface area contributed by atoms with Crippen LogP contribution in [0.15, 0.2) is 48.7 Å². The van der Waals surface area contributed by atoms with Crippen molar-refractivity contribution in [3.05, 3.63) is 94.3 Å². The zero-order valence-corrected chi connectivity index (χ0v) is 17.8. The van der Waals surface area contributed by atoms with Crippen molar-refractivity contribution < 1.29 is 27.2 Å². The first kappa shape index (κ1) is 22.4. The zero-order chi connectivity index (χ0) is 23.9. The molecule has 0 saturated carbocycles. The van der Waals surface area contributed by atoms with Gasteiger partial charge in [-0.25, -0.2) is 18.2 Å². The Kier molecular flexibility index (Phi) is 5.65. The Morgan fingerprint density at radius 2 is 1.73 bits per heavy atom. The van der Waals surface area contributed by atoms with E-state index in [-0.39, 0.29) is 18.0 Å². The number of fused-ring (bicyclic) bond motifs is 1. The topological polar surface area (TPSA) is 62.3 Å². The van der Waals surface area contributed by atoms with Gasteiger partial charge in [0.2, 0.25) is 11.9 Å². The molecule has 170 valence electrons. The van der Waals surface area contributed by atoms with Gasteiger partial charge in [-0.2, -0.15) is 4.39 Å². The number of carbonyl (C=O) groups excluding carboxylic acids is 2. The minimum absolute atomic E-state index is 0.0752. The second kappa shape index (κ2) is 8.31. The monoisotopic (exact) mass is 457 g/mol. The molecule has 2 amide bonds. The number of benzene rings is 2. The lowest BCUT2D eigenvalue weighted by atomic mass is 9.86. The van der Waals surface area contributed by atoms with Crippen molar-refractivity contribution in [2.45, 2.75) is 32.4 Å². The molecule has 4 rings (SSSR count). The summed E-state index contributed by atoms with van der Waals surface area (Å²) in [6.45, 7) is 3.09. The van der Waals surface area contributed by atoms with Crippen LogP contribution in [0.25, 0.3) is 0 Å². The number of halogens is 4. The number of hydrogen-bond acceptors (Lipinski definition) is 3. The molecule has 0 atom stereocenters. The molecule has 9 heteroatoms. The molecule has 1 aliphatic heterocycles. The van der Waals surface area contributed by atoms with E-state index in [1.165, 1.54) is 29.3 Å². The minimum Gasteiger partial charge on any atom is -0.348 e. The van der Waals surface area contributed by atoms with Gasteiger partial charge in [-0.1, -0.05) is 6.07 Å². The van der Waals surface area contributed by atoms with Gasteiger partial charge in [0.05, 0.1) is 12.0 Å². The molecule has 2 heterocycles. The Labute approximate surface area is 187 Å². The summed E-state index contributed by atoms with van der Waals surface area (Å²) < 4.78 is 54.3. The van der Waals surface area contributed by atoms with E-state index in [0.717, 1.165) is 0 Å². The third-order valence-electron chi connectivity index (χ3n) is 5.67. The molecule has 1 aliphatic rings. The summed E-state index contributed by atoms with van der Waals surface area (Å²) in [6, 6.07) is 8.54. The third-order valence-corrected chi connectivity index (χ3v) is 5.67. The average molecular weight is 457 g/mol. The molecule has 0 bridgehead atoms. The van der Waals surface area contributed by atoms with Gasteiger partial charge in [-0.3, -0.25) is 9.59 Å². The van der Waals surface area contributed by atoms with Crippen LogP contribution in [0.5, 0.6) is 0 Å². The first-order valence-electron chi connectivity index (χ1n) is 10.1. The fourth-order valence-corrected chi connectivity index (χ4v) is 3.88. The number of anilines is 1. The van der Waals surface area contributed by atoms with Crippen molar-refractivity contribution in [2.24, 2.45) is 0 Å². The molecular weight excluding hydrogens is 438 g/mol. The predicted molar refractivity (Wildman–Crippen MR) is 112 cm³/mol. The van der Waals surface area contributed by atoms with Gasteiger partial charge in [0.15, 0.2) is 0 Å². The van der Waals surface area contributed by atoms with Crippen LogP contribution in [0.3, 0.4) is 0 Å². The van der Waals surface area contributed by atoms with E-state index >= 15 is 0 Å². The summed E-state index contributed by atoms with van der Waals surface area (Å²) in [4.78, 5) is 30.7. The second-order valence-electron chi connectivity index (χ2n) is 8.27. The van der Waals surface area contributed by atoms with Crippen LogP contribution >= 0.6 is 0 Å². The maximum absolute atomic E-state index is 13.9. The van der Waals surface area contributed by atoms with Crippen LogP contribution in [-0.2, 0) is 23.3 Å². The Bertz CT molecular complexity index is 1250. The molecule has 33 heavy (non-hydrogen) atoms. The van der Waals surface area contributed by atoms with Crippen molar-refractivity contribution in [3.8, 4) is 0 Å². The molecular formula is C24H19F4N3O2. The number of nitrogens with zero attached hydrogens (tertiary/aromatic N) is 2. The second-order valence-corrected chi connectivity index (χ2v) is 8.27. The molecule has 0 aliphatic carbocycles. The first-order chi connectivity index (χ1) is 15.6. The van der Waals surface area contributed by atoms with Crippen LogP contribution in [0, 0.1) is 23.4 Å². The van der Waals surface area contributed by atoms with Crippen LogP contribution < -0.4 is 10.2 Å². The molecule has 0 unspecified atom stereocenters. The predicted octanol–water partition coefficient (Wildman–Crippen LogP) is 4.39. The number of hydrogen-bond donors (Lipinski definition) is 1. The molecule has 0 spiro atoms. The van der Waals surface area contributed by atoms with Crippen molar-refractivity contribution in [3.63, 3.8) is 0 Å². The fraction of sp³-hybridized carbons (Fsp3) is 0.208. The Balaban J connectivity index is 1.60.